The Morgan fingerprint density at radius 2 is 1.74 bits per heavy atom. The maximum Gasteiger partial charge on any atom is 0.271 e. The quantitative estimate of drug-likeness (QED) is 0.363. The number of hydrazone groups is 1. The van der Waals surface area contributed by atoms with Gasteiger partial charge < -0.3 is 9.47 Å². The molecule has 178 valence electrons. The Bertz CT molecular complexity index is 1210. The SMILES string of the molecule is CCN1c2cc(C)c(/C=N\NC(=O)c3ccc(-n4c(C)ccc4C)cc3)cc2C(C)CC1(C)C. The molecule has 0 spiro atoms. The van der Waals surface area contributed by atoms with Crippen LogP contribution in [0.15, 0.2) is 53.6 Å². The summed E-state index contributed by atoms with van der Waals surface area (Å²) in [7, 11) is 0. The van der Waals surface area contributed by atoms with E-state index in [1.165, 1.54) is 22.6 Å². The van der Waals surface area contributed by atoms with Gasteiger partial charge in [-0.2, -0.15) is 5.10 Å². The molecule has 1 N–H and O–H groups in total. The summed E-state index contributed by atoms with van der Waals surface area (Å²) in [5.74, 6) is 0.257. The molecule has 4 rings (SSSR count). The van der Waals surface area contributed by atoms with Crippen LogP contribution in [0.4, 0.5) is 5.69 Å². The second-order valence-corrected chi connectivity index (χ2v) is 10.1. The first-order valence-electron chi connectivity index (χ1n) is 12.1. The van der Waals surface area contributed by atoms with Crippen molar-refractivity contribution in [2.45, 2.75) is 66.3 Å². The van der Waals surface area contributed by atoms with E-state index in [2.05, 4.69) is 92.7 Å². The lowest BCUT2D eigenvalue weighted by Crippen LogP contribution is -2.48. The van der Waals surface area contributed by atoms with E-state index in [1.54, 1.807) is 6.21 Å². The van der Waals surface area contributed by atoms with Crippen molar-refractivity contribution < 1.29 is 4.79 Å². The van der Waals surface area contributed by atoms with Gasteiger partial charge in [0.25, 0.3) is 5.91 Å². The average molecular weight is 457 g/mol. The average Bonchev–Trinajstić information content (AvgIpc) is 3.12. The van der Waals surface area contributed by atoms with Gasteiger partial charge in [-0.15, -0.1) is 0 Å². The van der Waals surface area contributed by atoms with Crippen molar-refractivity contribution in [1.82, 2.24) is 9.99 Å². The summed E-state index contributed by atoms with van der Waals surface area (Å²) >= 11 is 0. The number of fused-ring (bicyclic) bond motifs is 1. The highest BCUT2D eigenvalue weighted by molar-refractivity contribution is 5.95. The molecule has 1 unspecified atom stereocenters. The van der Waals surface area contributed by atoms with Gasteiger partial charge in [0.2, 0.25) is 0 Å². The summed E-state index contributed by atoms with van der Waals surface area (Å²) in [6.07, 6.45) is 2.87. The molecule has 1 aliphatic rings. The standard InChI is InChI=1S/C29H36N4O/c1-8-32-27-15-19(2)24(16-26(27)20(3)17-29(32,6)7)18-30-31-28(34)23-11-13-25(14-12-23)33-21(4)9-10-22(33)5/h9-16,18,20H,8,17H2,1-7H3,(H,31,34)/b30-18-. The number of anilines is 1. The minimum atomic E-state index is -0.216. The Labute approximate surface area is 203 Å². The fourth-order valence-corrected chi connectivity index (χ4v) is 5.45. The zero-order valence-electron chi connectivity index (χ0n) is 21.4. The van der Waals surface area contributed by atoms with Gasteiger partial charge in [0.15, 0.2) is 0 Å². The molecular formula is C29H36N4O. The number of nitrogens with one attached hydrogen (secondary N) is 1. The molecule has 0 saturated heterocycles. The monoisotopic (exact) mass is 456 g/mol. The smallest absolute Gasteiger partial charge is 0.271 e. The predicted molar refractivity (Wildman–Crippen MR) is 142 cm³/mol. The van der Waals surface area contributed by atoms with Crippen LogP contribution in [-0.2, 0) is 0 Å². The van der Waals surface area contributed by atoms with Crippen molar-refractivity contribution in [2.75, 3.05) is 11.4 Å². The van der Waals surface area contributed by atoms with Crippen molar-refractivity contribution in [3.05, 3.63) is 82.2 Å². The third-order valence-electron chi connectivity index (χ3n) is 7.12. The van der Waals surface area contributed by atoms with Crippen LogP contribution in [0.3, 0.4) is 0 Å². The second kappa shape index (κ2) is 9.13. The third-order valence-corrected chi connectivity index (χ3v) is 7.12. The van der Waals surface area contributed by atoms with Gasteiger partial charge in [0.05, 0.1) is 6.21 Å². The first kappa shape index (κ1) is 23.8. The summed E-state index contributed by atoms with van der Waals surface area (Å²) in [5, 5.41) is 4.28. The van der Waals surface area contributed by atoms with Crippen LogP contribution in [0.2, 0.25) is 0 Å². The Morgan fingerprint density at radius 1 is 1.09 bits per heavy atom. The van der Waals surface area contributed by atoms with Crippen LogP contribution in [0.5, 0.6) is 0 Å². The van der Waals surface area contributed by atoms with E-state index in [1.807, 2.05) is 24.3 Å². The lowest BCUT2D eigenvalue weighted by Gasteiger charge is -2.47. The molecular weight excluding hydrogens is 420 g/mol. The third kappa shape index (κ3) is 4.39. The van der Waals surface area contributed by atoms with Crippen molar-refractivity contribution >= 4 is 17.8 Å². The van der Waals surface area contributed by atoms with Crippen LogP contribution < -0.4 is 10.3 Å². The molecule has 0 bridgehead atoms. The molecule has 0 saturated carbocycles. The van der Waals surface area contributed by atoms with Crippen LogP contribution in [0, 0.1) is 20.8 Å². The molecule has 1 aromatic heterocycles. The van der Waals surface area contributed by atoms with Crippen molar-refractivity contribution in [1.29, 1.82) is 0 Å². The number of aryl methyl sites for hydroxylation is 3. The number of aromatic nitrogens is 1. The van der Waals surface area contributed by atoms with Gasteiger partial charge in [-0.3, -0.25) is 4.79 Å². The molecule has 1 amide bonds. The fourth-order valence-electron chi connectivity index (χ4n) is 5.45. The Balaban J connectivity index is 1.50. The van der Waals surface area contributed by atoms with Gasteiger partial charge in [0, 0.05) is 40.4 Å². The van der Waals surface area contributed by atoms with E-state index >= 15 is 0 Å². The largest absolute Gasteiger partial charge is 0.366 e. The van der Waals surface area contributed by atoms with Gasteiger partial charge in [-0.05, 0) is 119 Å². The van der Waals surface area contributed by atoms with Gasteiger partial charge in [-0.25, -0.2) is 5.43 Å². The zero-order valence-corrected chi connectivity index (χ0v) is 21.4. The number of nitrogens with zero attached hydrogens (tertiary/aromatic N) is 3. The number of hydrogen-bond acceptors (Lipinski definition) is 3. The van der Waals surface area contributed by atoms with E-state index in [4.69, 9.17) is 0 Å². The highest BCUT2D eigenvalue weighted by Gasteiger charge is 2.35. The lowest BCUT2D eigenvalue weighted by molar-refractivity contribution is 0.0955. The van der Waals surface area contributed by atoms with Crippen molar-refractivity contribution in [2.24, 2.45) is 5.10 Å². The molecule has 34 heavy (non-hydrogen) atoms. The molecule has 0 radical (unpaired) electrons. The number of rotatable bonds is 5. The van der Waals surface area contributed by atoms with Crippen molar-refractivity contribution in [3.63, 3.8) is 0 Å². The van der Waals surface area contributed by atoms with E-state index in [-0.39, 0.29) is 11.4 Å². The minimum Gasteiger partial charge on any atom is -0.366 e. The lowest BCUT2D eigenvalue weighted by atomic mass is 9.79. The number of carbonyl (C=O) groups is 1. The van der Waals surface area contributed by atoms with Crippen molar-refractivity contribution in [3.8, 4) is 5.69 Å². The van der Waals surface area contributed by atoms with E-state index in [0.29, 0.717) is 11.5 Å². The predicted octanol–water partition coefficient (Wildman–Crippen LogP) is 6.28. The van der Waals surface area contributed by atoms with E-state index < -0.39 is 0 Å². The number of hydrogen-bond donors (Lipinski definition) is 1. The van der Waals surface area contributed by atoms with Crippen LogP contribution in [0.25, 0.3) is 5.69 Å². The molecule has 3 aromatic rings. The summed E-state index contributed by atoms with van der Waals surface area (Å²) < 4.78 is 2.17. The maximum absolute atomic E-state index is 12.7. The molecule has 5 nitrogen and oxygen atoms in total. The normalized spacial score (nSPS) is 17.1. The molecule has 1 atom stereocenters. The van der Waals surface area contributed by atoms with Gasteiger partial charge >= 0.3 is 0 Å². The molecule has 1 aliphatic heterocycles. The Hall–Kier alpha value is -3.34. The van der Waals surface area contributed by atoms with Crippen LogP contribution in [0.1, 0.15) is 78.5 Å². The Morgan fingerprint density at radius 3 is 2.35 bits per heavy atom. The van der Waals surface area contributed by atoms with Gasteiger partial charge in [0.1, 0.15) is 0 Å². The maximum atomic E-state index is 12.7. The first-order chi connectivity index (χ1) is 16.1. The highest BCUT2D eigenvalue weighted by atomic mass is 16.2. The number of amides is 1. The summed E-state index contributed by atoms with van der Waals surface area (Å²) in [5.41, 5.74) is 11.7. The summed E-state index contributed by atoms with van der Waals surface area (Å²) in [6, 6.07) is 16.3. The zero-order chi connectivity index (χ0) is 24.6. The summed E-state index contributed by atoms with van der Waals surface area (Å²) in [4.78, 5) is 15.1. The van der Waals surface area contributed by atoms with Gasteiger partial charge in [-0.1, -0.05) is 6.92 Å². The molecule has 0 fully saturated rings. The molecule has 5 heteroatoms. The van der Waals surface area contributed by atoms with E-state index in [9.17, 15) is 4.79 Å². The Kier molecular flexibility index (Phi) is 6.39. The topological polar surface area (TPSA) is 49.6 Å². The summed E-state index contributed by atoms with van der Waals surface area (Å²) in [6.45, 7) is 16.4. The first-order valence-corrected chi connectivity index (χ1v) is 12.1. The molecule has 2 aromatic carbocycles. The molecule has 2 heterocycles. The fraction of sp³-hybridized carbons (Fsp3) is 0.379. The second-order valence-electron chi connectivity index (χ2n) is 10.1. The van der Waals surface area contributed by atoms with Crippen LogP contribution >= 0.6 is 0 Å². The number of benzene rings is 2. The minimum absolute atomic E-state index is 0.144. The highest BCUT2D eigenvalue weighted by Crippen LogP contribution is 2.44. The molecule has 0 aliphatic carbocycles. The number of carbonyl (C=O) groups excluding carboxylic acids is 1. The van der Waals surface area contributed by atoms with E-state index in [0.717, 1.165) is 29.8 Å². The van der Waals surface area contributed by atoms with Crippen LogP contribution in [-0.4, -0.2) is 28.8 Å².